The fourth-order valence-corrected chi connectivity index (χ4v) is 3.47. The van der Waals surface area contributed by atoms with E-state index in [1.54, 1.807) is 13.8 Å². The molecule has 1 heterocycles. The second-order valence-electron chi connectivity index (χ2n) is 7.82. The van der Waals surface area contributed by atoms with Gasteiger partial charge in [-0.1, -0.05) is 13.8 Å². The zero-order chi connectivity index (χ0) is 23.6. The van der Waals surface area contributed by atoms with Gasteiger partial charge in [-0.2, -0.15) is 0 Å². The molecule has 1 saturated heterocycles. The number of nitrogens with two attached hydrogens (primary N) is 2. The normalized spacial score (nSPS) is 18.1. The SMILES string of the molecule is CC(C)C(NC(=O)O)C(=O)N1CCCC[C@H]1C(=O)NC(CCCN=C(N)N)C(=O)CF. The van der Waals surface area contributed by atoms with Gasteiger partial charge in [0.05, 0.1) is 6.04 Å². The van der Waals surface area contributed by atoms with Gasteiger partial charge in [-0.25, -0.2) is 9.18 Å². The lowest BCUT2D eigenvalue weighted by molar-refractivity contribution is -0.145. The van der Waals surface area contributed by atoms with Gasteiger partial charge in [0.15, 0.2) is 11.7 Å². The highest BCUT2D eigenvalue weighted by atomic mass is 19.1. The van der Waals surface area contributed by atoms with Crippen LogP contribution < -0.4 is 22.1 Å². The predicted octanol–water partition coefficient (Wildman–Crippen LogP) is -0.263. The molecule has 0 aromatic carbocycles. The van der Waals surface area contributed by atoms with Gasteiger partial charge in [-0.15, -0.1) is 0 Å². The van der Waals surface area contributed by atoms with Crippen LogP contribution in [0, 0.1) is 5.92 Å². The fraction of sp³-hybridized carbons (Fsp3) is 0.737. The molecule has 12 heteroatoms. The Hall–Kier alpha value is -2.92. The molecule has 1 fully saturated rings. The summed E-state index contributed by atoms with van der Waals surface area (Å²) in [6.45, 7) is 2.67. The standard InChI is InChI=1S/C19H33FN6O5/c1-11(2)15(25-19(30)31)17(29)26-9-4-3-7-13(26)16(28)24-12(14(27)10-20)6-5-8-23-18(21)22/h11-13,15,25H,3-10H2,1-2H3,(H,24,28)(H,30,31)(H4,21,22,23)/t12?,13-,15?/m0/s1. The third-order valence-electron chi connectivity index (χ3n) is 5.08. The van der Waals surface area contributed by atoms with E-state index < -0.39 is 48.5 Å². The molecule has 1 aliphatic heterocycles. The van der Waals surface area contributed by atoms with E-state index >= 15 is 0 Å². The molecule has 176 valence electrons. The second-order valence-corrected chi connectivity index (χ2v) is 7.82. The van der Waals surface area contributed by atoms with E-state index in [0.717, 1.165) is 0 Å². The van der Waals surface area contributed by atoms with E-state index in [-0.39, 0.29) is 31.4 Å². The number of carbonyl (C=O) groups excluding carboxylic acids is 3. The van der Waals surface area contributed by atoms with E-state index in [2.05, 4.69) is 15.6 Å². The zero-order valence-electron chi connectivity index (χ0n) is 18.0. The summed E-state index contributed by atoms with van der Waals surface area (Å²) in [7, 11) is 0. The summed E-state index contributed by atoms with van der Waals surface area (Å²) < 4.78 is 13.0. The topological polar surface area (TPSA) is 180 Å². The summed E-state index contributed by atoms with van der Waals surface area (Å²) in [6, 6.07) is -2.94. The molecule has 2 unspecified atom stereocenters. The van der Waals surface area contributed by atoms with E-state index in [0.29, 0.717) is 25.7 Å². The summed E-state index contributed by atoms with van der Waals surface area (Å²) in [5.74, 6) is -2.29. The Morgan fingerprint density at radius 2 is 1.87 bits per heavy atom. The van der Waals surface area contributed by atoms with Gasteiger partial charge < -0.3 is 32.1 Å². The molecule has 0 bridgehead atoms. The van der Waals surface area contributed by atoms with Gasteiger partial charge in [-0.05, 0) is 38.0 Å². The van der Waals surface area contributed by atoms with Crippen LogP contribution in [0.3, 0.4) is 0 Å². The highest BCUT2D eigenvalue weighted by Crippen LogP contribution is 2.20. The van der Waals surface area contributed by atoms with Crippen LogP contribution in [0.4, 0.5) is 9.18 Å². The molecule has 0 aromatic heterocycles. The Balaban J connectivity index is 2.92. The molecule has 0 aliphatic carbocycles. The summed E-state index contributed by atoms with van der Waals surface area (Å²) in [5.41, 5.74) is 10.5. The number of hydrogen-bond donors (Lipinski definition) is 5. The Morgan fingerprint density at radius 3 is 2.42 bits per heavy atom. The Labute approximate surface area is 180 Å². The van der Waals surface area contributed by atoms with Gasteiger partial charge in [0.1, 0.15) is 18.8 Å². The van der Waals surface area contributed by atoms with Crippen molar-refractivity contribution < 1.29 is 28.7 Å². The number of nitrogens with zero attached hydrogens (tertiary/aromatic N) is 2. The molecule has 31 heavy (non-hydrogen) atoms. The number of Topliss-reactive ketones (excluding diaryl/α,β-unsaturated/α-hetero) is 1. The number of halogens is 1. The number of rotatable bonds is 11. The van der Waals surface area contributed by atoms with Gasteiger partial charge in [0.2, 0.25) is 11.8 Å². The number of amides is 3. The average molecular weight is 445 g/mol. The molecule has 0 aromatic rings. The van der Waals surface area contributed by atoms with Crippen molar-refractivity contribution in [2.24, 2.45) is 22.4 Å². The van der Waals surface area contributed by atoms with Crippen molar-refractivity contribution in [1.82, 2.24) is 15.5 Å². The highest BCUT2D eigenvalue weighted by Gasteiger charge is 2.38. The highest BCUT2D eigenvalue weighted by molar-refractivity contribution is 5.94. The first kappa shape index (κ1) is 26.1. The molecule has 3 amide bonds. The van der Waals surface area contributed by atoms with Crippen molar-refractivity contribution in [3.63, 3.8) is 0 Å². The maximum atomic E-state index is 13.0. The van der Waals surface area contributed by atoms with Crippen LogP contribution >= 0.6 is 0 Å². The number of hydrogen-bond acceptors (Lipinski definition) is 5. The van der Waals surface area contributed by atoms with Gasteiger partial charge in [0, 0.05) is 13.1 Å². The smallest absolute Gasteiger partial charge is 0.405 e. The average Bonchev–Trinajstić information content (AvgIpc) is 2.72. The van der Waals surface area contributed by atoms with E-state index in [1.165, 1.54) is 4.90 Å². The Kier molecular flexibility index (Phi) is 10.7. The molecule has 0 spiro atoms. The number of alkyl halides is 1. The monoisotopic (exact) mass is 444 g/mol. The van der Waals surface area contributed by atoms with Crippen LogP contribution in [-0.4, -0.2) is 77.5 Å². The zero-order valence-corrected chi connectivity index (χ0v) is 18.0. The van der Waals surface area contributed by atoms with Crippen LogP contribution in [0.25, 0.3) is 0 Å². The lowest BCUT2D eigenvalue weighted by Crippen LogP contribution is -2.59. The van der Waals surface area contributed by atoms with Crippen molar-refractivity contribution in [3.8, 4) is 0 Å². The first-order chi connectivity index (χ1) is 14.6. The molecule has 1 aliphatic rings. The van der Waals surface area contributed by atoms with Crippen LogP contribution in [0.1, 0.15) is 46.0 Å². The summed E-state index contributed by atoms with van der Waals surface area (Å²) in [5, 5.41) is 13.8. The number of nitrogens with one attached hydrogen (secondary N) is 2. The third kappa shape index (κ3) is 8.38. The molecule has 11 nitrogen and oxygen atoms in total. The molecule has 0 radical (unpaired) electrons. The summed E-state index contributed by atoms with van der Waals surface area (Å²) in [6.07, 6.45) is 0.867. The molecule has 7 N–H and O–H groups in total. The van der Waals surface area contributed by atoms with Gasteiger partial charge in [0.25, 0.3) is 0 Å². The van der Waals surface area contributed by atoms with Gasteiger partial charge >= 0.3 is 6.09 Å². The van der Waals surface area contributed by atoms with Crippen LogP contribution in [0.2, 0.25) is 0 Å². The van der Waals surface area contributed by atoms with Gasteiger partial charge in [-0.3, -0.25) is 19.4 Å². The Morgan fingerprint density at radius 1 is 1.19 bits per heavy atom. The summed E-state index contributed by atoms with van der Waals surface area (Å²) >= 11 is 0. The number of ketones is 1. The molecule has 3 atom stereocenters. The maximum absolute atomic E-state index is 13.0. The second kappa shape index (κ2) is 12.7. The molecular weight excluding hydrogens is 411 g/mol. The fourth-order valence-electron chi connectivity index (χ4n) is 3.47. The van der Waals surface area contributed by atoms with Crippen LogP contribution in [0.15, 0.2) is 4.99 Å². The van der Waals surface area contributed by atoms with Crippen LogP contribution in [0.5, 0.6) is 0 Å². The van der Waals surface area contributed by atoms with Crippen molar-refractivity contribution in [2.75, 3.05) is 19.8 Å². The van der Waals surface area contributed by atoms with E-state index in [4.69, 9.17) is 16.6 Å². The molecular formula is C19H33FN6O5. The minimum atomic E-state index is -1.33. The third-order valence-corrected chi connectivity index (χ3v) is 5.08. The van der Waals surface area contributed by atoms with Crippen LogP contribution in [-0.2, 0) is 14.4 Å². The number of guanidine groups is 1. The van der Waals surface area contributed by atoms with Crippen molar-refractivity contribution >= 4 is 29.7 Å². The van der Waals surface area contributed by atoms with E-state index in [1.807, 2.05) is 0 Å². The number of aliphatic imine (C=N–C) groups is 1. The maximum Gasteiger partial charge on any atom is 0.405 e. The molecule has 0 saturated carbocycles. The minimum absolute atomic E-state index is 0.108. The number of carbonyl (C=O) groups is 4. The van der Waals surface area contributed by atoms with Crippen molar-refractivity contribution in [2.45, 2.75) is 64.1 Å². The number of likely N-dealkylation sites (tertiary alicyclic amines) is 1. The number of piperidine rings is 1. The Bertz CT molecular complexity index is 683. The largest absolute Gasteiger partial charge is 0.465 e. The first-order valence-corrected chi connectivity index (χ1v) is 10.3. The predicted molar refractivity (Wildman–Crippen MR) is 112 cm³/mol. The number of carboxylic acid groups (broad SMARTS) is 1. The van der Waals surface area contributed by atoms with Crippen molar-refractivity contribution in [1.29, 1.82) is 0 Å². The lowest BCUT2D eigenvalue weighted by Gasteiger charge is -2.38. The quantitative estimate of drug-likeness (QED) is 0.165. The summed E-state index contributed by atoms with van der Waals surface area (Å²) in [4.78, 5) is 54.1. The van der Waals surface area contributed by atoms with Crippen molar-refractivity contribution in [3.05, 3.63) is 0 Å². The van der Waals surface area contributed by atoms with E-state index in [9.17, 15) is 23.6 Å². The minimum Gasteiger partial charge on any atom is -0.465 e. The molecule has 1 rings (SSSR count). The first-order valence-electron chi connectivity index (χ1n) is 10.3. The lowest BCUT2D eigenvalue weighted by atomic mass is 9.96.